The minimum Gasteiger partial charge on any atom is -0.338 e. The summed E-state index contributed by atoms with van der Waals surface area (Å²) in [5, 5.41) is 3.31. The number of carbonyl (C=O) groups is 1. The van der Waals surface area contributed by atoms with Crippen molar-refractivity contribution in [2.75, 3.05) is 19.6 Å². The number of carbonyl (C=O) groups excluding carboxylic acids is 1. The van der Waals surface area contributed by atoms with Crippen molar-refractivity contribution < 1.29 is 4.79 Å². The lowest BCUT2D eigenvalue weighted by Gasteiger charge is -2.33. The van der Waals surface area contributed by atoms with Crippen molar-refractivity contribution in [3.63, 3.8) is 0 Å². The first-order valence-electron chi connectivity index (χ1n) is 7.86. The van der Waals surface area contributed by atoms with Gasteiger partial charge in [-0.15, -0.1) is 12.4 Å². The summed E-state index contributed by atoms with van der Waals surface area (Å²) >= 11 is 0. The molecule has 3 nitrogen and oxygen atoms in total. The summed E-state index contributed by atoms with van der Waals surface area (Å²) in [5.74, 6) is 1.28. The van der Waals surface area contributed by atoms with Crippen LogP contribution in [0.5, 0.6) is 0 Å². The Bertz CT molecular complexity index is 441. The number of halogens is 1. The van der Waals surface area contributed by atoms with Crippen LogP contribution in [0.2, 0.25) is 0 Å². The SMILES string of the molecule is Cl.O=C(C1CCNC1)N(Cc1ccccc1)CC1CCC1. The lowest BCUT2D eigenvalue weighted by Crippen LogP contribution is -2.41. The third-order valence-electron chi connectivity index (χ3n) is 4.64. The Labute approximate surface area is 133 Å². The van der Waals surface area contributed by atoms with Crippen LogP contribution in [0, 0.1) is 11.8 Å². The first kappa shape index (κ1) is 16.3. The Morgan fingerprint density at radius 2 is 1.95 bits per heavy atom. The molecule has 1 aliphatic heterocycles. The van der Waals surface area contributed by atoms with Crippen molar-refractivity contribution in [3.8, 4) is 0 Å². The molecule has 3 rings (SSSR count). The highest BCUT2D eigenvalue weighted by Crippen LogP contribution is 2.28. The van der Waals surface area contributed by atoms with Crippen LogP contribution in [0.15, 0.2) is 30.3 Å². The lowest BCUT2D eigenvalue weighted by atomic mass is 9.85. The van der Waals surface area contributed by atoms with Crippen molar-refractivity contribution in [1.29, 1.82) is 0 Å². The second-order valence-electron chi connectivity index (χ2n) is 6.19. The first-order chi connectivity index (χ1) is 9.83. The van der Waals surface area contributed by atoms with Gasteiger partial charge in [0, 0.05) is 19.6 Å². The van der Waals surface area contributed by atoms with Gasteiger partial charge in [0.25, 0.3) is 0 Å². The molecule has 1 saturated carbocycles. The van der Waals surface area contributed by atoms with Crippen LogP contribution in [0.3, 0.4) is 0 Å². The molecule has 0 spiro atoms. The van der Waals surface area contributed by atoms with E-state index in [1.54, 1.807) is 0 Å². The zero-order valence-corrected chi connectivity index (χ0v) is 13.3. The van der Waals surface area contributed by atoms with Gasteiger partial charge in [0.05, 0.1) is 5.92 Å². The van der Waals surface area contributed by atoms with Gasteiger partial charge in [0.15, 0.2) is 0 Å². The number of nitrogens with one attached hydrogen (secondary N) is 1. The predicted octanol–water partition coefficient (Wildman–Crippen LogP) is 2.85. The van der Waals surface area contributed by atoms with Crippen LogP contribution in [-0.4, -0.2) is 30.4 Å². The summed E-state index contributed by atoms with van der Waals surface area (Å²) < 4.78 is 0. The van der Waals surface area contributed by atoms with Crippen LogP contribution in [0.1, 0.15) is 31.2 Å². The van der Waals surface area contributed by atoms with Crippen LogP contribution in [-0.2, 0) is 11.3 Å². The van der Waals surface area contributed by atoms with Crippen molar-refractivity contribution in [2.45, 2.75) is 32.2 Å². The van der Waals surface area contributed by atoms with Gasteiger partial charge >= 0.3 is 0 Å². The number of hydrogen-bond donors (Lipinski definition) is 1. The van der Waals surface area contributed by atoms with E-state index in [2.05, 4.69) is 34.5 Å². The quantitative estimate of drug-likeness (QED) is 0.907. The summed E-state index contributed by atoms with van der Waals surface area (Å²) in [6.45, 7) is 3.56. The molecule has 2 fully saturated rings. The summed E-state index contributed by atoms with van der Waals surface area (Å²) in [7, 11) is 0. The molecule has 1 aromatic rings. The maximum absolute atomic E-state index is 12.7. The van der Waals surface area contributed by atoms with E-state index in [9.17, 15) is 4.79 Å². The monoisotopic (exact) mass is 308 g/mol. The molecule has 1 N–H and O–H groups in total. The van der Waals surface area contributed by atoms with Gasteiger partial charge in [-0.3, -0.25) is 4.79 Å². The molecule has 116 valence electrons. The highest BCUT2D eigenvalue weighted by atomic mass is 35.5. The van der Waals surface area contributed by atoms with Crippen molar-refractivity contribution in [3.05, 3.63) is 35.9 Å². The smallest absolute Gasteiger partial charge is 0.227 e. The number of hydrogen-bond acceptors (Lipinski definition) is 2. The summed E-state index contributed by atoms with van der Waals surface area (Å²) in [5.41, 5.74) is 1.24. The highest BCUT2D eigenvalue weighted by molar-refractivity contribution is 5.85. The van der Waals surface area contributed by atoms with Crippen LogP contribution in [0.25, 0.3) is 0 Å². The molecule has 1 atom stereocenters. The average molecular weight is 309 g/mol. The Kier molecular flexibility index (Phi) is 6.07. The number of amides is 1. The molecule has 1 amide bonds. The van der Waals surface area contributed by atoms with E-state index in [-0.39, 0.29) is 18.3 Å². The van der Waals surface area contributed by atoms with Gasteiger partial charge in [-0.2, -0.15) is 0 Å². The Morgan fingerprint density at radius 1 is 1.19 bits per heavy atom. The van der Waals surface area contributed by atoms with Gasteiger partial charge in [0.1, 0.15) is 0 Å². The second kappa shape index (κ2) is 7.81. The fourth-order valence-electron chi connectivity index (χ4n) is 3.15. The van der Waals surface area contributed by atoms with E-state index in [0.717, 1.165) is 38.5 Å². The summed E-state index contributed by atoms with van der Waals surface area (Å²) in [4.78, 5) is 14.8. The second-order valence-corrected chi connectivity index (χ2v) is 6.19. The maximum atomic E-state index is 12.7. The Hall–Kier alpha value is -1.06. The molecular formula is C17H25ClN2O. The molecule has 1 saturated heterocycles. The first-order valence-corrected chi connectivity index (χ1v) is 7.86. The van der Waals surface area contributed by atoms with Crippen LogP contribution in [0.4, 0.5) is 0 Å². The molecule has 1 heterocycles. The summed E-state index contributed by atoms with van der Waals surface area (Å²) in [6, 6.07) is 10.4. The Morgan fingerprint density at radius 3 is 2.52 bits per heavy atom. The average Bonchev–Trinajstić information content (AvgIpc) is 2.96. The molecule has 4 heteroatoms. The lowest BCUT2D eigenvalue weighted by molar-refractivity contribution is -0.136. The standard InChI is InChI=1S/C17H24N2O.ClH/c20-17(16-9-10-18-11-16)19(13-15-7-4-8-15)12-14-5-2-1-3-6-14;/h1-3,5-6,15-16,18H,4,7-13H2;1H. The highest BCUT2D eigenvalue weighted by Gasteiger charge is 2.30. The van der Waals surface area contributed by atoms with Crippen molar-refractivity contribution in [2.24, 2.45) is 11.8 Å². The zero-order chi connectivity index (χ0) is 13.8. The fourth-order valence-corrected chi connectivity index (χ4v) is 3.15. The van der Waals surface area contributed by atoms with E-state index in [0.29, 0.717) is 5.91 Å². The normalized spacial score (nSPS) is 21.4. The van der Waals surface area contributed by atoms with Gasteiger partial charge in [-0.05, 0) is 37.3 Å². The summed E-state index contributed by atoms with van der Waals surface area (Å²) in [6.07, 6.45) is 4.92. The predicted molar refractivity (Wildman–Crippen MR) is 87.4 cm³/mol. The van der Waals surface area contributed by atoms with E-state index in [4.69, 9.17) is 0 Å². The minimum absolute atomic E-state index is 0. The molecule has 1 aliphatic carbocycles. The molecule has 1 unspecified atom stereocenters. The minimum atomic E-state index is 0. The topological polar surface area (TPSA) is 32.3 Å². The Balaban J connectivity index is 0.00000161. The van der Waals surface area contributed by atoms with Crippen LogP contribution < -0.4 is 5.32 Å². The molecule has 21 heavy (non-hydrogen) atoms. The largest absolute Gasteiger partial charge is 0.338 e. The third-order valence-corrected chi connectivity index (χ3v) is 4.64. The van der Waals surface area contributed by atoms with Crippen molar-refractivity contribution in [1.82, 2.24) is 10.2 Å². The van der Waals surface area contributed by atoms with E-state index in [1.807, 2.05) is 6.07 Å². The van der Waals surface area contributed by atoms with Crippen molar-refractivity contribution >= 4 is 18.3 Å². The fraction of sp³-hybridized carbons (Fsp3) is 0.588. The van der Waals surface area contributed by atoms with Gasteiger partial charge in [-0.1, -0.05) is 36.8 Å². The number of nitrogens with zero attached hydrogens (tertiary/aromatic N) is 1. The maximum Gasteiger partial charge on any atom is 0.227 e. The number of benzene rings is 1. The van der Waals surface area contributed by atoms with E-state index in [1.165, 1.54) is 24.8 Å². The number of rotatable bonds is 5. The molecule has 1 aromatic carbocycles. The molecular weight excluding hydrogens is 284 g/mol. The van der Waals surface area contributed by atoms with Gasteiger partial charge in [0.2, 0.25) is 5.91 Å². The zero-order valence-electron chi connectivity index (χ0n) is 12.5. The van der Waals surface area contributed by atoms with E-state index >= 15 is 0 Å². The molecule has 2 aliphatic rings. The van der Waals surface area contributed by atoms with E-state index < -0.39 is 0 Å². The molecule has 0 bridgehead atoms. The molecule has 0 aromatic heterocycles. The van der Waals surface area contributed by atoms with Gasteiger partial charge < -0.3 is 10.2 Å². The third kappa shape index (κ3) is 4.21. The molecule has 0 radical (unpaired) electrons. The van der Waals surface area contributed by atoms with Gasteiger partial charge in [-0.25, -0.2) is 0 Å². The van der Waals surface area contributed by atoms with Crippen LogP contribution >= 0.6 is 12.4 Å².